The zero-order valence-electron chi connectivity index (χ0n) is 7.71. The molecule has 5 nitrogen and oxygen atoms in total. The van der Waals surface area contributed by atoms with Crippen LogP contribution in [0.1, 0.15) is 0 Å². The van der Waals surface area contributed by atoms with Crippen molar-refractivity contribution in [2.45, 2.75) is 0 Å². The first-order chi connectivity index (χ1) is 7.24. The van der Waals surface area contributed by atoms with Gasteiger partial charge in [0.2, 0.25) is 0 Å². The zero-order valence-corrected chi connectivity index (χ0v) is 7.71. The number of hydrogen-bond acceptors (Lipinski definition) is 4. The van der Waals surface area contributed by atoms with Gasteiger partial charge in [-0.3, -0.25) is 15.1 Å². The minimum atomic E-state index is -0.448. The van der Waals surface area contributed by atoms with Gasteiger partial charge in [0.05, 0.1) is 10.3 Å². The number of benzene rings is 1. The number of ether oxygens (including phenoxy) is 1. The average molecular weight is 203 g/mol. The number of pyridine rings is 1. The molecule has 75 valence electrons. The fourth-order valence-electron chi connectivity index (χ4n) is 1.41. The quantitative estimate of drug-likeness (QED) is 0.554. The molecule has 0 fully saturated rings. The Morgan fingerprint density at radius 2 is 2.20 bits per heavy atom. The fourth-order valence-corrected chi connectivity index (χ4v) is 1.41. The summed E-state index contributed by atoms with van der Waals surface area (Å²) in [4.78, 5) is 14.3. The summed E-state index contributed by atoms with van der Waals surface area (Å²) in [5.41, 5.74) is 0.459. The van der Waals surface area contributed by atoms with E-state index in [9.17, 15) is 10.1 Å². The number of nitrogens with zero attached hydrogens (tertiary/aromatic N) is 2. The fraction of sp³-hybridized carbons (Fsp3) is 0. The van der Waals surface area contributed by atoms with Gasteiger partial charge in [0.15, 0.2) is 0 Å². The first-order valence-corrected chi connectivity index (χ1v) is 4.18. The molecule has 0 N–H and O–H groups in total. The molecule has 0 saturated carbocycles. The van der Waals surface area contributed by atoms with E-state index in [0.717, 1.165) is 0 Å². The Morgan fingerprint density at radius 3 is 2.87 bits per heavy atom. The minimum Gasteiger partial charge on any atom is -0.488 e. The van der Waals surface area contributed by atoms with E-state index in [1.165, 1.54) is 12.1 Å². The Labute approximate surface area is 85.5 Å². The number of nitro benzene ring substituents is 1. The first-order valence-electron chi connectivity index (χ1n) is 4.18. The van der Waals surface area contributed by atoms with Gasteiger partial charge in [-0.15, -0.1) is 0 Å². The predicted octanol–water partition coefficient (Wildman–Crippen LogP) is 2.31. The third kappa shape index (κ3) is 1.48. The van der Waals surface area contributed by atoms with E-state index in [0.29, 0.717) is 16.7 Å². The van der Waals surface area contributed by atoms with Gasteiger partial charge in [-0.25, -0.2) is 0 Å². The summed E-state index contributed by atoms with van der Waals surface area (Å²) in [5.74, 6) is 0.427. The van der Waals surface area contributed by atoms with Crippen LogP contribution in [0.5, 0.6) is 5.75 Å². The van der Waals surface area contributed by atoms with Gasteiger partial charge in [-0.1, -0.05) is 0 Å². The SMILES string of the molecule is [CH2]Oc1ccc([N+](=O)[O-])c2cccnc12. The Balaban J connectivity index is 2.83. The van der Waals surface area contributed by atoms with Crippen LogP contribution in [0.15, 0.2) is 30.5 Å². The third-order valence-electron chi connectivity index (χ3n) is 2.06. The Morgan fingerprint density at radius 1 is 1.40 bits per heavy atom. The van der Waals surface area contributed by atoms with Crippen LogP contribution in [-0.2, 0) is 0 Å². The van der Waals surface area contributed by atoms with Gasteiger partial charge >= 0.3 is 0 Å². The largest absolute Gasteiger partial charge is 0.488 e. The van der Waals surface area contributed by atoms with E-state index in [2.05, 4.69) is 12.1 Å². The van der Waals surface area contributed by atoms with Crippen molar-refractivity contribution < 1.29 is 9.66 Å². The van der Waals surface area contributed by atoms with E-state index < -0.39 is 4.92 Å². The van der Waals surface area contributed by atoms with Crippen molar-refractivity contribution in [3.63, 3.8) is 0 Å². The van der Waals surface area contributed by atoms with Crippen LogP contribution in [0.4, 0.5) is 5.69 Å². The Hall–Kier alpha value is -2.17. The van der Waals surface area contributed by atoms with Gasteiger partial charge in [-0.2, -0.15) is 0 Å². The second-order valence-corrected chi connectivity index (χ2v) is 2.88. The molecule has 0 atom stereocenters. The highest BCUT2D eigenvalue weighted by atomic mass is 16.6. The molecule has 15 heavy (non-hydrogen) atoms. The molecule has 1 heterocycles. The van der Waals surface area contributed by atoms with Crippen molar-refractivity contribution in [2.24, 2.45) is 0 Å². The molecule has 0 aliphatic rings. The third-order valence-corrected chi connectivity index (χ3v) is 2.06. The summed E-state index contributed by atoms with van der Waals surface area (Å²) >= 11 is 0. The van der Waals surface area contributed by atoms with Crippen LogP contribution in [0.3, 0.4) is 0 Å². The van der Waals surface area contributed by atoms with Gasteiger partial charge in [0.1, 0.15) is 18.4 Å². The monoisotopic (exact) mass is 203 g/mol. The molecule has 1 aromatic heterocycles. The summed E-state index contributed by atoms with van der Waals surface area (Å²) in [6.45, 7) is 0. The molecule has 0 unspecified atom stereocenters. The highest BCUT2D eigenvalue weighted by molar-refractivity contribution is 5.92. The molecule has 0 saturated heterocycles. The number of aromatic nitrogens is 1. The van der Waals surface area contributed by atoms with Crippen LogP contribution >= 0.6 is 0 Å². The molecule has 0 aliphatic carbocycles. The normalized spacial score (nSPS) is 10.2. The molecule has 5 heteroatoms. The molecule has 1 aromatic carbocycles. The first kappa shape index (κ1) is 9.39. The Bertz CT molecular complexity index is 525. The van der Waals surface area contributed by atoms with Crippen LogP contribution in [0.2, 0.25) is 0 Å². The lowest BCUT2D eigenvalue weighted by Gasteiger charge is -2.03. The van der Waals surface area contributed by atoms with E-state index in [4.69, 9.17) is 4.74 Å². The van der Waals surface area contributed by atoms with Gasteiger partial charge in [0.25, 0.3) is 5.69 Å². The van der Waals surface area contributed by atoms with E-state index in [1.807, 2.05) is 0 Å². The van der Waals surface area contributed by atoms with Gasteiger partial charge in [-0.05, 0) is 18.2 Å². The topological polar surface area (TPSA) is 65.3 Å². The zero-order chi connectivity index (χ0) is 10.8. The minimum absolute atomic E-state index is 0.0129. The number of nitro groups is 1. The van der Waals surface area contributed by atoms with Gasteiger partial charge in [0, 0.05) is 12.3 Å². The van der Waals surface area contributed by atoms with Crippen molar-refractivity contribution in [3.05, 3.63) is 47.7 Å². The molecule has 0 bridgehead atoms. The second-order valence-electron chi connectivity index (χ2n) is 2.88. The maximum Gasteiger partial charge on any atom is 0.279 e. The van der Waals surface area contributed by atoms with E-state index >= 15 is 0 Å². The standard InChI is InChI=1S/C10H7N2O3/c1-15-9-5-4-8(12(13)14)7-3-2-6-11-10(7)9/h2-6H,1H2. The summed E-state index contributed by atoms with van der Waals surface area (Å²) in [6, 6.07) is 6.14. The summed E-state index contributed by atoms with van der Waals surface area (Å²) in [7, 11) is 3.27. The smallest absolute Gasteiger partial charge is 0.279 e. The predicted molar refractivity (Wildman–Crippen MR) is 54.4 cm³/mol. The highest BCUT2D eigenvalue weighted by Crippen LogP contribution is 2.30. The molecule has 1 radical (unpaired) electrons. The molecule has 2 aromatic rings. The Kier molecular flexibility index (Phi) is 2.21. The van der Waals surface area contributed by atoms with Crippen LogP contribution in [0, 0.1) is 17.2 Å². The van der Waals surface area contributed by atoms with Crippen LogP contribution < -0.4 is 4.74 Å². The molecule has 0 amide bonds. The highest BCUT2D eigenvalue weighted by Gasteiger charge is 2.14. The van der Waals surface area contributed by atoms with Crippen molar-refractivity contribution in [3.8, 4) is 5.75 Å². The number of hydrogen-bond donors (Lipinski definition) is 0. The molecule has 0 aliphatic heterocycles. The van der Waals surface area contributed by atoms with E-state index in [1.54, 1.807) is 18.3 Å². The average Bonchev–Trinajstić information content (AvgIpc) is 2.27. The molecular formula is C10H7N2O3. The second kappa shape index (κ2) is 3.53. The number of fused-ring (bicyclic) bond motifs is 1. The maximum atomic E-state index is 10.7. The van der Waals surface area contributed by atoms with Crippen molar-refractivity contribution in [1.29, 1.82) is 0 Å². The van der Waals surface area contributed by atoms with Crippen molar-refractivity contribution in [2.75, 3.05) is 0 Å². The lowest BCUT2D eigenvalue weighted by atomic mass is 10.1. The number of rotatable bonds is 2. The summed E-state index contributed by atoms with van der Waals surface area (Å²) in [5, 5.41) is 11.2. The summed E-state index contributed by atoms with van der Waals surface area (Å²) < 4.78 is 4.83. The maximum absolute atomic E-state index is 10.7. The number of non-ortho nitro benzene ring substituents is 1. The van der Waals surface area contributed by atoms with E-state index in [-0.39, 0.29) is 5.69 Å². The van der Waals surface area contributed by atoms with Crippen LogP contribution in [0.25, 0.3) is 10.9 Å². The molecular weight excluding hydrogens is 196 g/mol. The van der Waals surface area contributed by atoms with Gasteiger partial charge < -0.3 is 4.74 Å². The molecule has 2 rings (SSSR count). The lowest BCUT2D eigenvalue weighted by Crippen LogP contribution is -1.92. The lowest BCUT2D eigenvalue weighted by molar-refractivity contribution is -0.383. The molecule has 0 spiro atoms. The van der Waals surface area contributed by atoms with Crippen molar-refractivity contribution >= 4 is 16.6 Å². The van der Waals surface area contributed by atoms with Crippen LogP contribution in [-0.4, -0.2) is 9.91 Å². The summed E-state index contributed by atoms with van der Waals surface area (Å²) in [6.07, 6.45) is 1.55. The van der Waals surface area contributed by atoms with Crippen molar-refractivity contribution in [1.82, 2.24) is 4.98 Å².